The molecule has 1 aliphatic rings. The molecule has 4 nitrogen and oxygen atoms in total. The lowest BCUT2D eigenvalue weighted by Gasteiger charge is -2.16. The molecule has 1 saturated heterocycles. The molecule has 80 valence electrons. The summed E-state index contributed by atoms with van der Waals surface area (Å²) in [7, 11) is 0. The standard InChI is InChI=1S/C10H18N2O2/c1-3-5-12-9(13)6-8(4-2)7-11-10(12)14/h8H,3-7H2,1-2H3,(H,11,14). The van der Waals surface area contributed by atoms with E-state index in [4.69, 9.17) is 0 Å². The average molecular weight is 198 g/mol. The molecule has 1 N–H and O–H groups in total. The van der Waals surface area contributed by atoms with Gasteiger partial charge in [-0.3, -0.25) is 9.69 Å². The molecule has 0 aromatic heterocycles. The molecule has 1 fully saturated rings. The van der Waals surface area contributed by atoms with E-state index in [9.17, 15) is 9.59 Å². The van der Waals surface area contributed by atoms with Crippen molar-refractivity contribution in [2.75, 3.05) is 13.1 Å². The van der Waals surface area contributed by atoms with Gasteiger partial charge in [0.05, 0.1) is 0 Å². The van der Waals surface area contributed by atoms with Crippen molar-refractivity contribution >= 4 is 11.9 Å². The number of carbonyl (C=O) groups excluding carboxylic acids is 2. The fourth-order valence-corrected chi connectivity index (χ4v) is 1.61. The minimum absolute atomic E-state index is 0.0336. The van der Waals surface area contributed by atoms with Crippen molar-refractivity contribution in [3.05, 3.63) is 0 Å². The fraction of sp³-hybridized carbons (Fsp3) is 0.800. The summed E-state index contributed by atoms with van der Waals surface area (Å²) in [6, 6.07) is -0.229. The molecule has 1 heterocycles. The maximum Gasteiger partial charge on any atom is 0.324 e. The molecule has 0 radical (unpaired) electrons. The largest absolute Gasteiger partial charge is 0.337 e. The summed E-state index contributed by atoms with van der Waals surface area (Å²) < 4.78 is 0. The molecule has 1 rings (SSSR count). The lowest BCUT2D eigenvalue weighted by Crippen LogP contribution is -2.41. The number of hydrogen-bond donors (Lipinski definition) is 1. The molecule has 14 heavy (non-hydrogen) atoms. The Hall–Kier alpha value is -1.06. The predicted molar refractivity (Wildman–Crippen MR) is 53.8 cm³/mol. The van der Waals surface area contributed by atoms with E-state index in [1.54, 1.807) is 0 Å². The van der Waals surface area contributed by atoms with Gasteiger partial charge in [0.2, 0.25) is 5.91 Å². The highest BCUT2D eigenvalue weighted by Gasteiger charge is 2.27. The lowest BCUT2D eigenvalue weighted by atomic mass is 10.0. The molecule has 1 atom stereocenters. The summed E-state index contributed by atoms with van der Waals surface area (Å²) in [5.41, 5.74) is 0. The third-order valence-electron chi connectivity index (χ3n) is 2.58. The monoisotopic (exact) mass is 198 g/mol. The van der Waals surface area contributed by atoms with E-state index in [1.165, 1.54) is 4.90 Å². The molecular weight excluding hydrogens is 180 g/mol. The van der Waals surface area contributed by atoms with E-state index in [0.717, 1.165) is 12.8 Å². The van der Waals surface area contributed by atoms with Crippen LogP contribution in [0, 0.1) is 5.92 Å². The van der Waals surface area contributed by atoms with Crippen LogP contribution in [-0.4, -0.2) is 29.9 Å². The second-order valence-electron chi connectivity index (χ2n) is 3.71. The molecule has 4 heteroatoms. The van der Waals surface area contributed by atoms with E-state index in [2.05, 4.69) is 5.32 Å². The van der Waals surface area contributed by atoms with Crippen molar-refractivity contribution < 1.29 is 9.59 Å². The van der Waals surface area contributed by atoms with E-state index < -0.39 is 0 Å². The number of carbonyl (C=O) groups is 2. The lowest BCUT2D eigenvalue weighted by molar-refractivity contribution is -0.128. The van der Waals surface area contributed by atoms with Crippen LogP contribution in [0.1, 0.15) is 33.1 Å². The van der Waals surface area contributed by atoms with Crippen LogP contribution in [0.4, 0.5) is 4.79 Å². The van der Waals surface area contributed by atoms with Crippen molar-refractivity contribution in [2.24, 2.45) is 5.92 Å². The number of nitrogens with one attached hydrogen (secondary N) is 1. The van der Waals surface area contributed by atoms with E-state index in [0.29, 0.717) is 25.4 Å². The molecule has 0 bridgehead atoms. The Morgan fingerprint density at radius 1 is 1.43 bits per heavy atom. The second-order valence-corrected chi connectivity index (χ2v) is 3.71. The van der Waals surface area contributed by atoms with Gasteiger partial charge in [0.25, 0.3) is 0 Å². The van der Waals surface area contributed by atoms with Crippen LogP contribution in [-0.2, 0) is 4.79 Å². The first-order chi connectivity index (χ1) is 6.69. The normalized spacial score (nSPS) is 23.3. The first kappa shape index (κ1) is 11.0. The van der Waals surface area contributed by atoms with Gasteiger partial charge < -0.3 is 5.32 Å². The van der Waals surface area contributed by atoms with Gasteiger partial charge in [-0.15, -0.1) is 0 Å². The van der Waals surface area contributed by atoms with Crippen LogP contribution in [0.15, 0.2) is 0 Å². The maximum absolute atomic E-state index is 11.6. The van der Waals surface area contributed by atoms with Gasteiger partial charge in [-0.25, -0.2) is 4.79 Å². The molecule has 0 aliphatic carbocycles. The number of nitrogens with zero attached hydrogens (tertiary/aromatic N) is 1. The van der Waals surface area contributed by atoms with Crippen molar-refractivity contribution in [1.29, 1.82) is 0 Å². The second kappa shape index (κ2) is 4.98. The van der Waals surface area contributed by atoms with E-state index >= 15 is 0 Å². The highest BCUT2D eigenvalue weighted by atomic mass is 16.2. The third-order valence-corrected chi connectivity index (χ3v) is 2.58. The van der Waals surface area contributed by atoms with Crippen molar-refractivity contribution in [2.45, 2.75) is 33.1 Å². The van der Waals surface area contributed by atoms with Crippen LogP contribution in [0.3, 0.4) is 0 Å². The van der Waals surface area contributed by atoms with E-state index in [1.807, 2.05) is 13.8 Å². The minimum Gasteiger partial charge on any atom is -0.337 e. The van der Waals surface area contributed by atoms with Crippen molar-refractivity contribution in [1.82, 2.24) is 10.2 Å². The number of urea groups is 1. The minimum atomic E-state index is -0.229. The first-order valence-electron chi connectivity index (χ1n) is 5.27. The highest BCUT2D eigenvalue weighted by molar-refractivity contribution is 5.95. The fourth-order valence-electron chi connectivity index (χ4n) is 1.61. The third kappa shape index (κ3) is 2.47. The van der Waals surface area contributed by atoms with Crippen LogP contribution in [0.2, 0.25) is 0 Å². The molecule has 3 amide bonds. The topological polar surface area (TPSA) is 49.4 Å². The molecule has 0 spiro atoms. The van der Waals surface area contributed by atoms with Crippen molar-refractivity contribution in [3.63, 3.8) is 0 Å². The van der Waals surface area contributed by atoms with Crippen LogP contribution >= 0.6 is 0 Å². The quantitative estimate of drug-likeness (QED) is 0.744. The summed E-state index contributed by atoms with van der Waals surface area (Å²) in [4.78, 5) is 24.4. The van der Waals surface area contributed by atoms with Crippen LogP contribution in [0.5, 0.6) is 0 Å². The SMILES string of the molecule is CCCN1C(=O)CC(CC)CNC1=O. The van der Waals surface area contributed by atoms with Gasteiger partial charge in [0.1, 0.15) is 0 Å². The van der Waals surface area contributed by atoms with E-state index in [-0.39, 0.29) is 11.9 Å². The van der Waals surface area contributed by atoms with Gasteiger partial charge in [0, 0.05) is 19.5 Å². The zero-order valence-electron chi connectivity index (χ0n) is 8.88. The summed E-state index contributed by atoms with van der Waals surface area (Å²) in [6.07, 6.45) is 2.25. The number of rotatable bonds is 3. The van der Waals surface area contributed by atoms with Gasteiger partial charge in [-0.1, -0.05) is 20.3 Å². The maximum atomic E-state index is 11.6. The molecular formula is C10H18N2O2. The Labute approximate surface area is 84.7 Å². The van der Waals surface area contributed by atoms with Gasteiger partial charge in [-0.2, -0.15) is 0 Å². The zero-order chi connectivity index (χ0) is 10.6. The van der Waals surface area contributed by atoms with Gasteiger partial charge in [-0.05, 0) is 12.3 Å². The molecule has 1 unspecified atom stereocenters. The predicted octanol–water partition coefficient (Wildman–Crippen LogP) is 1.36. The Morgan fingerprint density at radius 2 is 2.14 bits per heavy atom. The van der Waals surface area contributed by atoms with Crippen LogP contribution in [0.25, 0.3) is 0 Å². The van der Waals surface area contributed by atoms with Crippen LogP contribution < -0.4 is 5.32 Å². The first-order valence-corrected chi connectivity index (χ1v) is 5.27. The smallest absolute Gasteiger partial charge is 0.324 e. The molecule has 0 aromatic carbocycles. The number of hydrogen-bond acceptors (Lipinski definition) is 2. The van der Waals surface area contributed by atoms with Crippen molar-refractivity contribution in [3.8, 4) is 0 Å². The average Bonchev–Trinajstić information content (AvgIpc) is 2.31. The highest BCUT2D eigenvalue weighted by Crippen LogP contribution is 2.13. The Balaban J connectivity index is 2.66. The van der Waals surface area contributed by atoms with Gasteiger partial charge >= 0.3 is 6.03 Å². The number of imide groups is 1. The number of amides is 3. The molecule has 0 saturated carbocycles. The molecule has 0 aromatic rings. The zero-order valence-corrected chi connectivity index (χ0v) is 8.88. The summed E-state index contributed by atoms with van der Waals surface area (Å²) in [5.74, 6) is 0.266. The van der Waals surface area contributed by atoms with Gasteiger partial charge in [0.15, 0.2) is 0 Å². The summed E-state index contributed by atoms with van der Waals surface area (Å²) in [6.45, 7) is 5.16. The Morgan fingerprint density at radius 3 is 2.71 bits per heavy atom. The Bertz CT molecular complexity index is 228. The summed E-state index contributed by atoms with van der Waals surface area (Å²) >= 11 is 0. The summed E-state index contributed by atoms with van der Waals surface area (Å²) in [5, 5.41) is 2.78. The molecule has 1 aliphatic heterocycles. The Kier molecular flexibility index (Phi) is 3.92.